The van der Waals surface area contributed by atoms with Crippen LogP contribution >= 0.6 is 0 Å². The Morgan fingerprint density at radius 2 is 1.50 bits per heavy atom. The molecule has 2 aromatic carbocycles. The van der Waals surface area contributed by atoms with E-state index in [0.29, 0.717) is 11.3 Å². The van der Waals surface area contributed by atoms with Crippen molar-refractivity contribution in [2.75, 3.05) is 5.32 Å². The molecule has 0 fully saturated rings. The minimum Gasteiger partial charge on any atom is -0.435 e. The number of benzene rings is 2. The average Bonchev–Trinajstić information content (AvgIpc) is 2.61. The molecule has 0 spiro atoms. The lowest BCUT2D eigenvalue weighted by atomic mass is 10.1. The quantitative estimate of drug-likeness (QED) is 0.658. The number of ether oxygens (including phenoxy) is 1. The number of hydrogen-bond donors (Lipinski definition) is 3. The Balaban J connectivity index is 1.93. The molecule has 0 aliphatic rings. The Hall–Kier alpha value is -3.16. The van der Waals surface area contributed by atoms with E-state index < -0.39 is 6.61 Å². The maximum atomic E-state index is 12.4. The van der Waals surface area contributed by atoms with Crippen LogP contribution < -0.4 is 20.7 Å². The summed E-state index contributed by atoms with van der Waals surface area (Å²) in [5.41, 5.74) is 1.75. The second-order valence-corrected chi connectivity index (χ2v) is 6.47. The molecule has 0 saturated heterocycles. The van der Waals surface area contributed by atoms with E-state index in [1.165, 1.54) is 12.1 Å². The first-order valence-electron chi connectivity index (χ1n) is 8.78. The van der Waals surface area contributed by atoms with Crippen molar-refractivity contribution < 1.29 is 23.1 Å². The monoisotopic (exact) mass is 391 g/mol. The third-order valence-electron chi connectivity index (χ3n) is 3.78. The molecule has 28 heavy (non-hydrogen) atoms. The van der Waals surface area contributed by atoms with Gasteiger partial charge < -0.3 is 20.7 Å². The second-order valence-electron chi connectivity index (χ2n) is 6.47. The number of alkyl halides is 2. The standard InChI is InChI=1S/C20H23F2N3O3/c1-12(2)23-20(27)25-16-8-4-15(5-9-16)18(26)24-13(3)14-6-10-17(11-7-14)28-19(21)22/h4-13,19H,1-3H3,(H,24,26)(H2,23,25,27). The minimum absolute atomic E-state index is 0.0162. The molecule has 0 aliphatic heterocycles. The summed E-state index contributed by atoms with van der Waals surface area (Å²) >= 11 is 0. The molecule has 1 atom stereocenters. The number of carbonyl (C=O) groups is 2. The highest BCUT2D eigenvalue weighted by Gasteiger charge is 2.13. The predicted molar refractivity (Wildman–Crippen MR) is 103 cm³/mol. The Kier molecular flexibility index (Phi) is 7.31. The number of urea groups is 1. The zero-order valence-electron chi connectivity index (χ0n) is 15.8. The van der Waals surface area contributed by atoms with Gasteiger partial charge in [-0.05, 0) is 62.7 Å². The Morgan fingerprint density at radius 3 is 2.04 bits per heavy atom. The highest BCUT2D eigenvalue weighted by molar-refractivity contribution is 5.95. The van der Waals surface area contributed by atoms with Gasteiger partial charge >= 0.3 is 12.6 Å². The van der Waals surface area contributed by atoms with E-state index in [1.807, 2.05) is 13.8 Å². The maximum Gasteiger partial charge on any atom is 0.387 e. The maximum absolute atomic E-state index is 12.4. The lowest BCUT2D eigenvalue weighted by Gasteiger charge is -2.15. The van der Waals surface area contributed by atoms with Crippen LogP contribution in [0.25, 0.3) is 0 Å². The molecule has 150 valence electrons. The van der Waals surface area contributed by atoms with E-state index >= 15 is 0 Å². The first kappa shape index (κ1) is 21.1. The topological polar surface area (TPSA) is 79.5 Å². The molecule has 0 heterocycles. The third-order valence-corrected chi connectivity index (χ3v) is 3.78. The van der Waals surface area contributed by atoms with Crippen molar-refractivity contribution in [1.82, 2.24) is 10.6 Å². The fourth-order valence-corrected chi connectivity index (χ4v) is 2.44. The number of anilines is 1. The number of amides is 3. The van der Waals surface area contributed by atoms with Gasteiger partial charge in [0.25, 0.3) is 5.91 Å². The van der Waals surface area contributed by atoms with Gasteiger partial charge in [0.15, 0.2) is 0 Å². The van der Waals surface area contributed by atoms with Crippen LogP contribution in [-0.4, -0.2) is 24.6 Å². The summed E-state index contributed by atoms with van der Waals surface area (Å²) < 4.78 is 28.7. The summed E-state index contributed by atoms with van der Waals surface area (Å²) in [5, 5.41) is 8.22. The number of hydrogen-bond acceptors (Lipinski definition) is 3. The van der Waals surface area contributed by atoms with Crippen molar-refractivity contribution in [3.63, 3.8) is 0 Å². The molecule has 0 aliphatic carbocycles. The van der Waals surface area contributed by atoms with Crippen molar-refractivity contribution in [2.45, 2.75) is 39.5 Å². The van der Waals surface area contributed by atoms with Crippen molar-refractivity contribution in [3.05, 3.63) is 59.7 Å². The Labute approximate surface area is 162 Å². The van der Waals surface area contributed by atoms with Crippen LogP contribution in [-0.2, 0) is 0 Å². The van der Waals surface area contributed by atoms with Gasteiger partial charge in [-0.15, -0.1) is 0 Å². The van der Waals surface area contributed by atoms with Crippen LogP contribution in [0.4, 0.5) is 19.3 Å². The molecule has 2 aromatic rings. The summed E-state index contributed by atoms with van der Waals surface area (Å²) in [7, 11) is 0. The van der Waals surface area contributed by atoms with Crippen LogP contribution in [0, 0.1) is 0 Å². The largest absolute Gasteiger partial charge is 0.435 e. The van der Waals surface area contributed by atoms with Gasteiger partial charge in [0.05, 0.1) is 6.04 Å². The number of halogens is 2. The molecule has 6 nitrogen and oxygen atoms in total. The van der Waals surface area contributed by atoms with Gasteiger partial charge in [0, 0.05) is 17.3 Å². The molecule has 0 radical (unpaired) electrons. The number of nitrogens with one attached hydrogen (secondary N) is 3. The van der Waals surface area contributed by atoms with Crippen LogP contribution in [0.5, 0.6) is 5.75 Å². The summed E-state index contributed by atoms with van der Waals surface area (Å²) in [5.74, 6) is -0.236. The third kappa shape index (κ3) is 6.53. The van der Waals surface area contributed by atoms with Gasteiger partial charge in [-0.3, -0.25) is 4.79 Å². The van der Waals surface area contributed by atoms with Crippen LogP contribution in [0.1, 0.15) is 42.7 Å². The second kappa shape index (κ2) is 9.68. The lowest BCUT2D eigenvalue weighted by Crippen LogP contribution is -2.34. The van der Waals surface area contributed by atoms with Crippen molar-refractivity contribution >= 4 is 17.6 Å². The van der Waals surface area contributed by atoms with Crippen LogP contribution in [0.3, 0.4) is 0 Å². The van der Waals surface area contributed by atoms with Gasteiger partial charge in [-0.1, -0.05) is 12.1 Å². The molecule has 0 aromatic heterocycles. The molecule has 2 rings (SSSR count). The van der Waals surface area contributed by atoms with Crippen LogP contribution in [0.15, 0.2) is 48.5 Å². The van der Waals surface area contributed by atoms with E-state index in [1.54, 1.807) is 43.3 Å². The normalized spacial score (nSPS) is 11.8. The average molecular weight is 391 g/mol. The van der Waals surface area contributed by atoms with Crippen molar-refractivity contribution in [3.8, 4) is 5.75 Å². The van der Waals surface area contributed by atoms with Gasteiger partial charge in [-0.2, -0.15) is 8.78 Å². The summed E-state index contributed by atoms with van der Waals surface area (Å²) in [6.07, 6.45) is 0. The molecular weight excluding hydrogens is 368 g/mol. The number of carbonyl (C=O) groups excluding carboxylic acids is 2. The summed E-state index contributed by atoms with van der Waals surface area (Å²) in [6.45, 7) is 2.62. The molecule has 1 unspecified atom stereocenters. The van der Waals surface area contributed by atoms with Crippen LogP contribution in [0.2, 0.25) is 0 Å². The fourth-order valence-electron chi connectivity index (χ4n) is 2.44. The molecular formula is C20H23F2N3O3. The zero-order valence-corrected chi connectivity index (χ0v) is 15.8. The van der Waals surface area contributed by atoms with E-state index in [9.17, 15) is 18.4 Å². The van der Waals surface area contributed by atoms with E-state index in [0.717, 1.165) is 5.56 Å². The SMILES string of the molecule is CC(C)NC(=O)Nc1ccc(C(=O)NC(C)c2ccc(OC(F)F)cc2)cc1. The first-order chi connectivity index (χ1) is 13.2. The smallest absolute Gasteiger partial charge is 0.387 e. The van der Waals surface area contributed by atoms with E-state index in [4.69, 9.17) is 0 Å². The molecule has 8 heteroatoms. The molecule has 0 bridgehead atoms. The summed E-state index contributed by atoms with van der Waals surface area (Å²) in [4.78, 5) is 24.1. The van der Waals surface area contributed by atoms with E-state index in [-0.39, 0.29) is 29.8 Å². The van der Waals surface area contributed by atoms with Gasteiger partial charge in [0.2, 0.25) is 0 Å². The fraction of sp³-hybridized carbons (Fsp3) is 0.300. The van der Waals surface area contributed by atoms with Gasteiger partial charge in [-0.25, -0.2) is 4.79 Å². The Bertz CT molecular complexity index is 793. The van der Waals surface area contributed by atoms with Crippen molar-refractivity contribution in [2.24, 2.45) is 0 Å². The van der Waals surface area contributed by atoms with E-state index in [2.05, 4.69) is 20.7 Å². The zero-order chi connectivity index (χ0) is 20.7. The van der Waals surface area contributed by atoms with Gasteiger partial charge in [0.1, 0.15) is 5.75 Å². The molecule has 0 saturated carbocycles. The van der Waals surface area contributed by atoms with Crippen molar-refractivity contribution in [1.29, 1.82) is 0 Å². The number of rotatable bonds is 7. The molecule has 3 amide bonds. The predicted octanol–water partition coefficient (Wildman–Crippen LogP) is 4.31. The molecule has 3 N–H and O–H groups in total. The highest BCUT2D eigenvalue weighted by Crippen LogP contribution is 2.20. The minimum atomic E-state index is -2.88. The first-order valence-corrected chi connectivity index (χ1v) is 8.78. The highest BCUT2D eigenvalue weighted by atomic mass is 19.3. The Morgan fingerprint density at radius 1 is 0.893 bits per heavy atom. The summed E-state index contributed by atoms with van der Waals surface area (Å²) in [6, 6.07) is 11.9. The lowest BCUT2D eigenvalue weighted by molar-refractivity contribution is -0.0498.